The number of hydrogen-bond donors (Lipinski definition) is 1. The second kappa shape index (κ2) is 5.66. The second-order valence-corrected chi connectivity index (χ2v) is 3.95. The van der Waals surface area contributed by atoms with E-state index in [1.807, 2.05) is 13.1 Å². The van der Waals surface area contributed by atoms with Gasteiger partial charge in [-0.25, -0.2) is 9.78 Å². The van der Waals surface area contributed by atoms with Gasteiger partial charge in [0.25, 0.3) is 0 Å². The van der Waals surface area contributed by atoms with Gasteiger partial charge in [0, 0.05) is 18.9 Å². The van der Waals surface area contributed by atoms with Crippen LogP contribution in [0.1, 0.15) is 31.7 Å². The van der Waals surface area contributed by atoms with E-state index in [0.29, 0.717) is 6.54 Å². The lowest BCUT2D eigenvalue weighted by molar-refractivity contribution is 0.180. The van der Waals surface area contributed by atoms with Crippen LogP contribution in [0.25, 0.3) is 0 Å². The van der Waals surface area contributed by atoms with Crippen LogP contribution >= 0.6 is 0 Å². The van der Waals surface area contributed by atoms with Crippen molar-refractivity contribution in [2.45, 2.75) is 45.8 Å². The maximum Gasteiger partial charge on any atom is 0.347 e. The summed E-state index contributed by atoms with van der Waals surface area (Å²) in [6.45, 7) is 4.37. The SMILES string of the molecule is Cc1cnc(=O)n(CCCCC(C)O)c1. The van der Waals surface area contributed by atoms with Gasteiger partial charge in [0.2, 0.25) is 0 Å². The first-order chi connectivity index (χ1) is 7.09. The van der Waals surface area contributed by atoms with Crippen LogP contribution in [0.15, 0.2) is 17.2 Å². The standard InChI is InChI=1S/C11H18N2O2/c1-9-7-12-11(15)13(8-9)6-4-3-5-10(2)14/h7-8,10,14H,3-6H2,1-2H3. The molecule has 0 radical (unpaired) electrons. The Balaban J connectivity index is 2.43. The molecule has 1 N–H and O–H groups in total. The second-order valence-electron chi connectivity index (χ2n) is 3.95. The number of unbranched alkanes of at least 4 members (excludes halogenated alkanes) is 1. The third-order valence-electron chi connectivity index (χ3n) is 2.25. The molecular weight excluding hydrogens is 192 g/mol. The van der Waals surface area contributed by atoms with Crippen molar-refractivity contribution in [2.24, 2.45) is 0 Å². The maximum atomic E-state index is 11.3. The fourth-order valence-corrected chi connectivity index (χ4v) is 1.45. The van der Waals surface area contributed by atoms with Crippen LogP contribution in [0.2, 0.25) is 0 Å². The largest absolute Gasteiger partial charge is 0.393 e. The van der Waals surface area contributed by atoms with Crippen molar-refractivity contribution in [3.8, 4) is 0 Å². The smallest absolute Gasteiger partial charge is 0.347 e. The van der Waals surface area contributed by atoms with E-state index in [4.69, 9.17) is 5.11 Å². The zero-order valence-corrected chi connectivity index (χ0v) is 9.31. The molecular formula is C11H18N2O2. The molecule has 1 rings (SSSR count). The number of aromatic nitrogens is 2. The minimum Gasteiger partial charge on any atom is -0.393 e. The molecule has 0 spiro atoms. The fourth-order valence-electron chi connectivity index (χ4n) is 1.45. The minimum atomic E-state index is -0.252. The van der Waals surface area contributed by atoms with Crippen molar-refractivity contribution in [1.82, 2.24) is 9.55 Å². The van der Waals surface area contributed by atoms with E-state index in [-0.39, 0.29) is 11.8 Å². The number of hydrogen-bond acceptors (Lipinski definition) is 3. The Kier molecular flexibility index (Phi) is 4.49. The molecule has 0 saturated carbocycles. The summed E-state index contributed by atoms with van der Waals surface area (Å²) in [5, 5.41) is 9.07. The number of rotatable bonds is 5. The van der Waals surface area contributed by atoms with Gasteiger partial charge >= 0.3 is 5.69 Å². The first-order valence-corrected chi connectivity index (χ1v) is 5.31. The molecule has 0 aliphatic carbocycles. The van der Waals surface area contributed by atoms with Crippen LogP contribution in [0.4, 0.5) is 0 Å². The van der Waals surface area contributed by atoms with Crippen molar-refractivity contribution in [3.05, 3.63) is 28.4 Å². The lowest BCUT2D eigenvalue weighted by Gasteiger charge is -2.06. The van der Waals surface area contributed by atoms with Gasteiger partial charge in [-0.2, -0.15) is 0 Å². The number of aliphatic hydroxyl groups excluding tert-OH is 1. The van der Waals surface area contributed by atoms with E-state index in [0.717, 1.165) is 24.8 Å². The van der Waals surface area contributed by atoms with Gasteiger partial charge in [-0.05, 0) is 38.7 Å². The summed E-state index contributed by atoms with van der Waals surface area (Å²) in [4.78, 5) is 15.1. The summed E-state index contributed by atoms with van der Waals surface area (Å²) in [5.74, 6) is 0. The fraction of sp³-hybridized carbons (Fsp3) is 0.636. The van der Waals surface area contributed by atoms with Crippen molar-refractivity contribution in [3.63, 3.8) is 0 Å². The summed E-state index contributed by atoms with van der Waals surface area (Å²) < 4.78 is 1.62. The molecule has 0 amide bonds. The molecule has 0 bridgehead atoms. The van der Waals surface area contributed by atoms with E-state index >= 15 is 0 Å². The molecule has 1 aromatic heterocycles. The van der Waals surface area contributed by atoms with Crippen LogP contribution in [-0.2, 0) is 6.54 Å². The van der Waals surface area contributed by atoms with E-state index in [9.17, 15) is 4.79 Å². The highest BCUT2D eigenvalue weighted by atomic mass is 16.3. The average Bonchev–Trinajstić information content (AvgIpc) is 2.17. The Morgan fingerprint density at radius 3 is 2.93 bits per heavy atom. The molecule has 4 nitrogen and oxygen atoms in total. The monoisotopic (exact) mass is 210 g/mol. The van der Waals surface area contributed by atoms with E-state index in [1.54, 1.807) is 17.7 Å². The summed E-state index contributed by atoms with van der Waals surface area (Å²) in [6, 6.07) is 0. The zero-order chi connectivity index (χ0) is 11.3. The number of nitrogens with zero attached hydrogens (tertiary/aromatic N) is 2. The van der Waals surface area contributed by atoms with Crippen LogP contribution in [0, 0.1) is 6.92 Å². The van der Waals surface area contributed by atoms with Crippen LogP contribution in [0.5, 0.6) is 0 Å². The van der Waals surface area contributed by atoms with E-state index in [1.165, 1.54) is 0 Å². The average molecular weight is 210 g/mol. The van der Waals surface area contributed by atoms with Crippen molar-refractivity contribution < 1.29 is 5.11 Å². The molecule has 0 saturated heterocycles. The van der Waals surface area contributed by atoms with Crippen molar-refractivity contribution in [2.75, 3.05) is 0 Å². The van der Waals surface area contributed by atoms with Gasteiger partial charge < -0.3 is 5.11 Å². The molecule has 0 aliphatic heterocycles. The van der Waals surface area contributed by atoms with Gasteiger partial charge in [-0.15, -0.1) is 0 Å². The van der Waals surface area contributed by atoms with Gasteiger partial charge in [0.1, 0.15) is 0 Å². The van der Waals surface area contributed by atoms with E-state index < -0.39 is 0 Å². The highest BCUT2D eigenvalue weighted by Gasteiger charge is 1.99. The number of aliphatic hydroxyl groups is 1. The third-order valence-corrected chi connectivity index (χ3v) is 2.25. The molecule has 1 unspecified atom stereocenters. The summed E-state index contributed by atoms with van der Waals surface area (Å²) >= 11 is 0. The Morgan fingerprint density at radius 2 is 2.27 bits per heavy atom. The molecule has 1 aromatic rings. The lowest BCUT2D eigenvalue weighted by Crippen LogP contribution is -2.22. The van der Waals surface area contributed by atoms with E-state index in [2.05, 4.69) is 4.98 Å². The summed E-state index contributed by atoms with van der Waals surface area (Å²) in [6.07, 6.45) is 5.76. The third kappa shape index (κ3) is 4.25. The molecule has 0 fully saturated rings. The molecule has 4 heteroatoms. The van der Waals surface area contributed by atoms with Crippen molar-refractivity contribution >= 4 is 0 Å². The molecule has 0 aliphatic rings. The van der Waals surface area contributed by atoms with Gasteiger partial charge in [-0.3, -0.25) is 4.57 Å². The van der Waals surface area contributed by atoms with Crippen LogP contribution < -0.4 is 5.69 Å². The Morgan fingerprint density at radius 1 is 1.53 bits per heavy atom. The molecule has 0 aromatic carbocycles. The summed E-state index contributed by atoms with van der Waals surface area (Å²) in [5.41, 5.74) is 0.794. The lowest BCUT2D eigenvalue weighted by atomic mass is 10.2. The Bertz CT molecular complexity index is 358. The van der Waals surface area contributed by atoms with Crippen molar-refractivity contribution in [1.29, 1.82) is 0 Å². The predicted octanol–water partition coefficient (Wildman–Crippen LogP) is 1.10. The highest BCUT2D eigenvalue weighted by Crippen LogP contribution is 2.01. The van der Waals surface area contributed by atoms with Crippen LogP contribution in [0.3, 0.4) is 0 Å². The topological polar surface area (TPSA) is 55.1 Å². The first-order valence-electron chi connectivity index (χ1n) is 5.31. The predicted molar refractivity (Wildman–Crippen MR) is 58.8 cm³/mol. The highest BCUT2D eigenvalue weighted by molar-refractivity contribution is 4.99. The van der Waals surface area contributed by atoms with Crippen LogP contribution in [-0.4, -0.2) is 20.8 Å². The number of aryl methyl sites for hydroxylation is 2. The van der Waals surface area contributed by atoms with Gasteiger partial charge in [0.05, 0.1) is 6.10 Å². The molecule has 1 heterocycles. The molecule has 1 atom stereocenters. The maximum absolute atomic E-state index is 11.3. The zero-order valence-electron chi connectivity index (χ0n) is 9.31. The Labute approximate surface area is 89.6 Å². The normalized spacial score (nSPS) is 12.7. The first kappa shape index (κ1) is 11.9. The molecule has 84 valence electrons. The quantitative estimate of drug-likeness (QED) is 0.740. The van der Waals surface area contributed by atoms with Gasteiger partial charge in [0.15, 0.2) is 0 Å². The summed E-state index contributed by atoms with van der Waals surface area (Å²) in [7, 11) is 0. The minimum absolute atomic E-state index is 0.197. The molecule has 15 heavy (non-hydrogen) atoms. The Hall–Kier alpha value is -1.16. The van der Waals surface area contributed by atoms with Gasteiger partial charge in [-0.1, -0.05) is 0 Å².